The number of rotatable bonds is 4. The van der Waals surface area contributed by atoms with Crippen molar-refractivity contribution in [2.45, 2.75) is 19.5 Å². The lowest BCUT2D eigenvalue weighted by molar-refractivity contribution is -0.129. The van der Waals surface area contributed by atoms with Crippen LogP contribution in [0.5, 0.6) is 0 Å². The molecule has 1 amide bonds. The van der Waals surface area contributed by atoms with E-state index in [4.69, 9.17) is 0 Å². The second-order valence-electron chi connectivity index (χ2n) is 3.86. The van der Waals surface area contributed by atoms with Crippen LogP contribution in [0.25, 0.3) is 0 Å². The van der Waals surface area contributed by atoms with Crippen molar-refractivity contribution in [1.29, 1.82) is 0 Å². The standard InChI is InChI=1S/C11H19N3O/c1-9(12-2)10-6-5-7-14(10)8-11(15)13(3)4/h5-7,9,12H,8H2,1-4H3. The van der Waals surface area contributed by atoms with E-state index in [0.29, 0.717) is 6.54 Å². The lowest BCUT2D eigenvalue weighted by atomic mass is 10.2. The van der Waals surface area contributed by atoms with E-state index >= 15 is 0 Å². The number of aromatic nitrogens is 1. The summed E-state index contributed by atoms with van der Waals surface area (Å²) >= 11 is 0. The lowest BCUT2D eigenvalue weighted by Crippen LogP contribution is -2.27. The van der Waals surface area contributed by atoms with Crippen LogP contribution in [0.4, 0.5) is 0 Å². The van der Waals surface area contributed by atoms with Crippen molar-refractivity contribution in [3.05, 3.63) is 24.0 Å². The molecule has 0 aliphatic carbocycles. The minimum absolute atomic E-state index is 0.107. The van der Waals surface area contributed by atoms with E-state index in [1.807, 2.05) is 29.9 Å². The maximum atomic E-state index is 11.6. The van der Waals surface area contributed by atoms with E-state index in [9.17, 15) is 4.79 Å². The quantitative estimate of drug-likeness (QED) is 0.798. The molecule has 0 aliphatic heterocycles. The van der Waals surface area contributed by atoms with Crippen molar-refractivity contribution < 1.29 is 4.79 Å². The van der Waals surface area contributed by atoms with Crippen LogP contribution in [0.3, 0.4) is 0 Å². The molecule has 1 atom stereocenters. The van der Waals surface area contributed by atoms with Crippen molar-refractivity contribution in [2.24, 2.45) is 0 Å². The second kappa shape index (κ2) is 4.98. The van der Waals surface area contributed by atoms with Crippen molar-refractivity contribution in [3.8, 4) is 0 Å². The topological polar surface area (TPSA) is 37.3 Å². The molecule has 1 unspecified atom stereocenters. The Bertz CT molecular complexity index is 330. The minimum Gasteiger partial charge on any atom is -0.347 e. The van der Waals surface area contributed by atoms with Crippen LogP contribution >= 0.6 is 0 Å². The molecule has 15 heavy (non-hydrogen) atoms. The summed E-state index contributed by atoms with van der Waals surface area (Å²) in [6.45, 7) is 2.48. The average Bonchev–Trinajstić information content (AvgIpc) is 2.64. The zero-order valence-electron chi connectivity index (χ0n) is 9.82. The highest BCUT2D eigenvalue weighted by atomic mass is 16.2. The van der Waals surface area contributed by atoms with Gasteiger partial charge in [0.2, 0.25) is 5.91 Å². The molecule has 4 heteroatoms. The van der Waals surface area contributed by atoms with Gasteiger partial charge in [0.05, 0.1) is 0 Å². The Labute approximate surface area is 90.9 Å². The van der Waals surface area contributed by atoms with Gasteiger partial charge in [-0.1, -0.05) is 0 Å². The summed E-state index contributed by atoms with van der Waals surface area (Å²) in [6.07, 6.45) is 1.94. The van der Waals surface area contributed by atoms with Crippen molar-refractivity contribution in [2.75, 3.05) is 21.1 Å². The monoisotopic (exact) mass is 209 g/mol. The summed E-state index contributed by atoms with van der Waals surface area (Å²) in [5, 5.41) is 3.16. The summed E-state index contributed by atoms with van der Waals surface area (Å²) in [7, 11) is 5.45. The summed E-state index contributed by atoms with van der Waals surface area (Å²) in [5.41, 5.74) is 1.13. The molecule has 0 bridgehead atoms. The predicted octanol–water partition coefficient (Wildman–Crippen LogP) is 0.857. The van der Waals surface area contributed by atoms with Crippen LogP contribution in [0.15, 0.2) is 18.3 Å². The largest absolute Gasteiger partial charge is 0.347 e. The van der Waals surface area contributed by atoms with Crippen LogP contribution in [0.2, 0.25) is 0 Å². The molecule has 84 valence electrons. The van der Waals surface area contributed by atoms with Crippen LogP contribution in [-0.2, 0) is 11.3 Å². The third-order valence-electron chi connectivity index (χ3n) is 2.55. The number of carbonyl (C=O) groups is 1. The van der Waals surface area contributed by atoms with E-state index in [-0.39, 0.29) is 11.9 Å². The van der Waals surface area contributed by atoms with Gasteiger partial charge in [-0.3, -0.25) is 4.79 Å². The Morgan fingerprint density at radius 3 is 2.80 bits per heavy atom. The SMILES string of the molecule is CNC(C)c1cccn1CC(=O)N(C)C. The maximum absolute atomic E-state index is 11.6. The normalized spacial score (nSPS) is 12.5. The van der Waals surface area contributed by atoms with Crippen molar-refractivity contribution in [1.82, 2.24) is 14.8 Å². The third-order valence-corrected chi connectivity index (χ3v) is 2.55. The molecule has 1 N–H and O–H groups in total. The molecule has 1 aromatic heterocycles. The Morgan fingerprint density at radius 1 is 1.60 bits per heavy atom. The van der Waals surface area contributed by atoms with Gasteiger partial charge >= 0.3 is 0 Å². The van der Waals surface area contributed by atoms with E-state index in [2.05, 4.69) is 12.2 Å². The maximum Gasteiger partial charge on any atom is 0.241 e. The van der Waals surface area contributed by atoms with E-state index in [1.54, 1.807) is 19.0 Å². The smallest absolute Gasteiger partial charge is 0.241 e. The fourth-order valence-electron chi connectivity index (χ4n) is 1.40. The Kier molecular flexibility index (Phi) is 3.91. The van der Waals surface area contributed by atoms with Gasteiger partial charge < -0.3 is 14.8 Å². The zero-order chi connectivity index (χ0) is 11.4. The first-order chi connectivity index (χ1) is 7.06. The molecule has 0 saturated carbocycles. The summed E-state index contributed by atoms with van der Waals surface area (Å²) in [4.78, 5) is 13.2. The fourth-order valence-corrected chi connectivity index (χ4v) is 1.40. The van der Waals surface area contributed by atoms with Gasteiger partial charge in [0.25, 0.3) is 0 Å². The van der Waals surface area contributed by atoms with Crippen molar-refractivity contribution >= 4 is 5.91 Å². The number of likely N-dealkylation sites (N-methyl/N-ethyl adjacent to an activating group) is 1. The van der Waals surface area contributed by atoms with Gasteiger partial charge in [-0.15, -0.1) is 0 Å². The predicted molar refractivity (Wildman–Crippen MR) is 60.6 cm³/mol. The molecule has 0 aromatic carbocycles. The molecule has 0 radical (unpaired) electrons. The Hall–Kier alpha value is -1.29. The van der Waals surface area contributed by atoms with Gasteiger partial charge in [-0.05, 0) is 26.1 Å². The molecule has 0 fully saturated rings. The van der Waals surface area contributed by atoms with Crippen LogP contribution in [-0.4, -0.2) is 36.5 Å². The average molecular weight is 209 g/mol. The van der Waals surface area contributed by atoms with Gasteiger partial charge in [-0.25, -0.2) is 0 Å². The number of hydrogen-bond acceptors (Lipinski definition) is 2. The first-order valence-electron chi connectivity index (χ1n) is 5.08. The highest BCUT2D eigenvalue weighted by molar-refractivity contribution is 5.75. The number of amides is 1. The molecule has 1 rings (SSSR count). The molecule has 0 aliphatic rings. The van der Waals surface area contributed by atoms with E-state index in [0.717, 1.165) is 5.69 Å². The lowest BCUT2D eigenvalue weighted by Gasteiger charge is -2.16. The zero-order valence-corrected chi connectivity index (χ0v) is 9.82. The summed E-state index contributed by atoms with van der Waals surface area (Å²) < 4.78 is 1.98. The Balaban J connectivity index is 2.77. The Morgan fingerprint density at radius 2 is 2.27 bits per heavy atom. The molecule has 0 saturated heterocycles. The minimum atomic E-state index is 0.107. The highest BCUT2D eigenvalue weighted by Gasteiger charge is 2.11. The molecular weight excluding hydrogens is 190 g/mol. The van der Waals surface area contributed by atoms with E-state index < -0.39 is 0 Å². The van der Waals surface area contributed by atoms with Gasteiger partial charge in [-0.2, -0.15) is 0 Å². The second-order valence-corrected chi connectivity index (χ2v) is 3.86. The van der Waals surface area contributed by atoms with Crippen LogP contribution < -0.4 is 5.32 Å². The number of hydrogen-bond donors (Lipinski definition) is 1. The highest BCUT2D eigenvalue weighted by Crippen LogP contribution is 2.12. The molecule has 1 aromatic rings. The summed E-state index contributed by atoms with van der Waals surface area (Å²) in [5.74, 6) is 0.107. The number of nitrogens with zero attached hydrogens (tertiary/aromatic N) is 2. The molecule has 4 nitrogen and oxygen atoms in total. The molecular formula is C11H19N3O. The van der Waals surface area contributed by atoms with Crippen LogP contribution in [0, 0.1) is 0 Å². The molecule has 0 spiro atoms. The first-order valence-corrected chi connectivity index (χ1v) is 5.08. The summed E-state index contributed by atoms with van der Waals surface area (Å²) in [6, 6.07) is 4.26. The van der Waals surface area contributed by atoms with Gasteiger partial charge in [0.15, 0.2) is 0 Å². The van der Waals surface area contributed by atoms with Gasteiger partial charge in [0.1, 0.15) is 6.54 Å². The first kappa shape index (κ1) is 11.8. The third kappa shape index (κ3) is 2.83. The number of carbonyl (C=O) groups excluding carboxylic acids is 1. The van der Waals surface area contributed by atoms with Crippen LogP contribution in [0.1, 0.15) is 18.7 Å². The number of nitrogens with one attached hydrogen (secondary N) is 1. The van der Waals surface area contributed by atoms with Crippen molar-refractivity contribution in [3.63, 3.8) is 0 Å². The van der Waals surface area contributed by atoms with Gasteiger partial charge in [0, 0.05) is 32.0 Å². The van der Waals surface area contributed by atoms with E-state index in [1.165, 1.54) is 0 Å². The fraction of sp³-hybridized carbons (Fsp3) is 0.545. The molecule has 1 heterocycles.